The van der Waals surface area contributed by atoms with Crippen LogP contribution in [0.25, 0.3) is 0 Å². The van der Waals surface area contributed by atoms with Gasteiger partial charge in [0.15, 0.2) is 0 Å². The summed E-state index contributed by atoms with van der Waals surface area (Å²) in [5, 5.41) is 6.75. The minimum atomic E-state index is -0.373. The van der Waals surface area contributed by atoms with E-state index in [-0.39, 0.29) is 24.2 Å². The normalized spacial score (nSPS) is 16.5. The van der Waals surface area contributed by atoms with E-state index in [1.807, 2.05) is 24.3 Å². The van der Waals surface area contributed by atoms with E-state index in [1.165, 1.54) is 6.20 Å². The first kappa shape index (κ1) is 19.9. The summed E-state index contributed by atoms with van der Waals surface area (Å²) in [6.45, 7) is 1.21. The Hall–Kier alpha value is -1.83. The number of halogens is 3. The molecule has 0 spiro atoms. The number of carbonyl (C=O) groups excluding carboxylic acids is 2. The molecular formula is C18H17BrCl2N4O2. The fraction of sp³-hybridized carbons (Fsp3) is 0.278. The molecule has 142 valence electrons. The van der Waals surface area contributed by atoms with Crippen LogP contribution < -0.4 is 15.5 Å². The number of benzene rings is 1. The van der Waals surface area contributed by atoms with Crippen molar-refractivity contribution in [2.24, 2.45) is 5.92 Å². The van der Waals surface area contributed by atoms with Crippen molar-refractivity contribution < 1.29 is 9.59 Å². The number of carbonyl (C=O) groups is 2. The van der Waals surface area contributed by atoms with Gasteiger partial charge in [-0.15, -0.1) is 0 Å². The lowest BCUT2D eigenvalue weighted by molar-refractivity contribution is -0.126. The molecule has 2 aromatic rings. The van der Waals surface area contributed by atoms with Crippen molar-refractivity contribution in [1.82, 2.24) is 10.3 Å². The first-order chi connectivity index (χ1) is 13.0. The first-order valence-electron chi connectivity index (χ1n) is 8.33. The largest absolute Gasteiger partial charge is 0.367 e. The van der Waals surface area contributed by atoms with Gasteiger partial charge < -0.3 is 15.5 Å². The Bertz CT molecular complexity index is 865. The Labute approximate surface area is 175 Å². The topological polar surface area (TPSA) is 74.3 Å². The summed E-state index contributed by atoms with van der Waals surface area (Å²) in [6.07, 6.45) is 1.69. The van der Waals surface area contributed by atoms with Gasteiger partial charge in [-0.3, -0.25) is 9.59 Å². The zero-order valence-electron chi connectivity index (χ0n) is 14.2. The van der Waals surface area contributed by atoms with Gasteiger partial charge in [-0.25, -0.2) is 4.98 Å². The summed E-state index contributed by atoms with van der Waals surface area (Å²) < 4.78 is 0.830. The quantitative estimate of drug-likeness (QED) is 0.629. The third kappa shape index (κ3) is 4.91. The molecule has 1 aliphatic rings. The van der Waals surface area contributed by atoms with Crippen LogP contribution in [0.5, 0.6) is 0 Å². The van der Waals surface area contributed by atoms with Gasteiger partial charge in [-0.2, -0.15) is 0 Å². The molecule has 1 aliphatic heterocycles. The number of rotatable bonds is 6. The molecule has 27 heavy (non-hydrogen) atoms. The predicted octanol–water partition coefficient (Wildman–Crippen LogP) is 3.73. The SMILES string of the molecule is O=C(NCCNc1ncc(Cl)cc1Cl)C1CC(=O)N(c2ccccc2Br)C1. The number of aromatic nitrogens is 1. The maximum atomic E-state index is 12.4. The van der Waals surface area contributed by atoms with E-state index in [4.69, 9.17) is 23.2 Å². The zero-order valence-corrected chi connectivity index (χ0v) is 17.3. The van der Waals surface area contributed by atoms with E-state index in [9.17, 15) is 9.59 Å². The second kappa shape index (κ2) is 8.91. The molecule has 1 aromatic heterocycles. The molecule has 1 unspecified atom stereocenters. The zero-order chi connectivity index (χ0) is 19.4. The van der Waals surface area contributed by atoms with E-state index in [1.54, 1.807) is 11.0 Å². The molecule has 1 fully saturated rings. The lowest BCUT2D eigenvalue weighted by atomic mass is 10.1. The van der Waals surface area contributed by atoms with E-state index < -0.39 is 0 Å². The van der Waals surface area contributed by atoms with Gasteiger partial charge in [-0.05, 0) is 34.1 Å². The van der Waals surface area contributed by atoms with Gasteiger partial charge >= 0.3 is 0 Å². The van der Waals surface area contributed by atoms with Crippen molar-refractivity contribution in [1.29, 1.82) is 0 Å². The summed E-state index contributed by atoms with van der Waals surface area (Å²) in [6, 6.07) is 9.07. The molecule has 2 N–H and O–H groups in total. The standard InChI is InChI=1S/C18H17BrCl2N4O2/c19-13-3-1-2-4-15(13)25-10-11(7-16(25)26)18(27)23-6-5-22-17-14(21)8-12(20)9-24-17/h1-4,8-9,11H,5-7,10H2,(H,22,24)(H,23,27). The number of nitrogens with one attached hydrogen (secondary N) is 2. The summed E-state index contributed by atoms with van der Waals surface area (Å²) >= 11 is 15.3. The molecule has 2 amide bonds. The Morgan fingerprint density at radius 3 is 2.81 bits per heavy atom. The Kier molecular flexibility index (Phi) is 6.57. The van der Waals surface area contributed by atoms with Crippen LogP contribution in [0.15, 0.2) is 41.0 Å². The van der Waals surface area contributed by atoms with Crippen LogP contribution in [0.1, 0.15) is 6.42 Å². The van der Waals surface area contributed by atoms with Gasteiger partial charge in [0.1, 0.15) is 5.82 Å². The number of amides is 2. The van der Waals surface area contributed by atoms with Gasteiger partial charge in [0, 0.05) is 36.7 Å². The minimum absolute atomic E-state index is 0.0580. The molecule has 1 saturated heterocycles. The molecular weight excluding hydrogens is 455 g/mol. The summed E-state index contributed by atoms with van der Waals surface area (Å²) in [5.74, 6) is -0.0690. The molecule has 0 saturated carbocycles. The predicted molar refractivity (Wildman–Crippen MR) is 110 cm³/mol. The third-order valence-electron chi connectivity index (χ3n) is 4.16. The molecule has 0 bridgehead atoms. The van der Waals surface area contributed by atoms with Crippen molar-refractivity contribution >= 4 is 62.5 Å². The fourth-order valence-electron chi connectivity index (χ4n) is 2.84. The maximum Gasteiger partial charge on any atom is 0.227 e. The maximum absolute atomic E-state index is 12.4. The Balaban J connectivity index is 1.49. The van der Waals surface area contributed by atoms with Crippen LogP contribution in [-0.2, 0) is 9.59 Å². The van der Waals surface area contributed by atoms with Crippen molar-refractivity contribution in [3.8, 4) is 0 Å². The third-order valence-corrected chi connectivity index (χ3v) is 5.33. The highest BCUT2D eigenvalue weighted by molar-refractivity contribution is 9.10. The van der Waals surface area contributed by atoms with E-state index in [2.05, 4.69) is 31.5 Å². The number of hydrogen-bond donors (Lipinski definition) is 2. The highest BCUT2D eigenvalue weighted by Gasteiger charge is 2.35. The summed E-state index contributed by atoms with van der Waals surface area (Å²) in [5.41, 5.74) is 0.780. The average Bonchev–Trinajstić information content (AvgIpc) is 3.02. The number of anilines is 2. The molecule has 1 aromatic carbocycles. The highest BCUT2D eigenvalue weighted by Crippen LogP contribution is 2.31. The molecule has 0 aliphatic carbocycles. The Morgan fingerprint density at radius 2 is 2.07 bits per heavy atom. The summed E-state index contributed by atoms with van der Waals surface area (Å²) in [4.78, 5) is 30.4. The van der Waals surface area contributed by atoms with Crippen molar-refractivity contribution in [3.63, 3.8) is 0 Å². The highest BCUT2D eigenvalue weighted by atomic mass is 79.9. The van der Waals surface area contributed by atoms with Crippen LogP contribution in [0.2, 0.25) is 10.0 Å². The second-order valence-electron chi connectivity index (χ2n) is 6.06. The number of hydrogen-bond acceptors (Lipinski definition) is 4. The molecule has 6 nitrogen and oxygen atoms in total. The van der Waals surface area contributed by atoms with E-state index in [0.29, 0.717) is 35.5 Å². The van der Waals surface area contributed by atoms with Crippen LogP contribution in [0.4, 0.5) is 11.5 Å². The molecule has 9 heteroatoms. The smallest absolute Gasteiger partial charge is 0.227 e. The number of para-hydroxylation sites is 1. The Morgan fingerprint density at radius 1 is 1.30 bits per heavy atom. The second-order valence-corrected chi connectivity index (χ2v) is 7.76. The van der Waals surface area contributed by atoms with Crippen LogP contribution in [0, 0.1) is 5.92 Å². The first-order valence-corrected chi connectivity index (χ1v) is 9.88. The van der Waals surface area contributed by atoms with Crippen molar-refractivity contribution in [2.45, 2.75) is 6.42 Å². The molecule has 3 rings (SSSR count). The van der Waals surface area contributed by atoms with Gasteiger partial charge in [0.2, 0.25) is 11.8 Å². The average molecular weight is 472 g/mol. The lowest BCUT2D eigenvalue weighted by Crippen LogP contribution is -2.35. The van der Waals surface area contributed by atoms with Crippen LogP contribution in [0.3, 0.4) is 0 Å². The van der Waals surface area contributed by atoms with Crippen LogP contribution >= 0.6 is 39.1 Å². The fourth-order valence-corrected chi connectivity index (χ4v) is 3.79. The minimum Gasteiger partial charge on any atom is -0.367 e. The number of nitrogens with zero attached hydrogens (tertiary/aromatic N) is 2. The lowest BCUT2D eigenvalue weighted by Gasteiger charge is -2.18. The van der Waals surface area contributed by atoms with Gasteiger partial charge in [0.05, 0.1) is 21.7 Å². The number of pyridine rings is 1. The van der Waals surface area contributed by atoms with Gasteiger partial charge in [0.25, 0.3) is 0 Å². The van der Waals surface area contributed by atoms with Crippen LogP contribution in [-0.4, -0.2) is 36.4 Å². The monoisotopic (exact) mass is 470 g/mol. The van der Waals surface area contributed by atoms with Gasteiger partial charge in [-0.1, -0.05) is 35.3 Å². The molecule has 1 atom stereocenters. The van der Waals surface area contributed by atoms with Crippen molar-refractivity contribution in [2.75, 3.05) is 29.9 Å². The molecule has 2 heterocycles. The van der Waals surface area contributed by atoms with E-state index in [0.717, 1.165) is 10.2 Å². The van der Waals surface area contributed by atoms with E-state index >= 15 is 0 Å². The summed E-state index contributed by atoms with van der Waals surface area (Å²) in [7, 11) is 0. The van der Waals surface area contributed by atoms with Crippen molar-refractivity contribution in [3.05, 3.63) is 51.0 Å². The molecule has 0 radical (unpaired) electrons.